The summed E-state index contributed by atoms with van der Waals surface area (Å²) in [7, 11) is 0. The van der Waals surface area contributed by atoms with Crippen molar-refractivity contribution in [1.29, 1.82) is 0 Å². The van der Waals surface area contributed by atoms with Crippen molar-refractivity contribution in [1.82, 2.24) is 5.32 Å². The molecule has 1 aliphatic carbocycles. The first-order chi connectivity index (χ1) is 14.5. The molecule has 1 atom stereocenters. The molecule has 1 fully saturated rings. The van der Waals surface area contributed by atoms with Crippen LogP contribution >= 0.6 is 0 Å². The predicted octanol–water partition coefficient (Wildman–Crippen LogP) is 3.22. The first-order valence-electron chi connectivity index (χ1n) is 10.1. The molecule has 3 rings (SSSR count). The average Bonchev–Trinajstić information content (AvgIpc) is 3.58. The quantitative estimate of drug-likeness (QED) is 0.587. The Labute approximate surface area is 175 Å². The van der Waals surface area contributed by atoms with Crippen molar-refractivity contribution in [3.05, 3.63) is 60.2 Å². The number of amides is 2. The Balaban J connectivity index is 1.56. The van der Waals surface area contributed by atoms with E-state index < -0.39 is 6.04 Å². The lowest BCUT2D eigenvalue weighted by Crippen LogP contribution is -2.34. The number of hydrogen-bond acceptors (Lipinski definition) is 5. The van der Waals surface area contributed by atoms with Crippen LogP contribution in [0, 0.1) is 5.92 Å². The number of hydrogen-bond donors (Lipinski definition) is 2. The van der Waals surface area contributed by atoms with Crippen molar-refractivity contribution in [3.8, 4) is 5.75 Å². The third kappa shape index (κ3) is 6.62. The lowest BCUT2D eigenvalue weighted by atomic mass is 10.0. The van der Waals surface area contributed by atoms with Gasteiger partial charge in [-0.05, 0) is 37.5 Å². The van der Waals surface area contributed by atoms with E-state index in [1.165, 1.54) is 0 Å². The molecule has 2 aromatic carbocycles. The average molecular weight is 410 g/mol. The number of anilines is 1. The molecule has 30 heavy (non-hydrogen) atoms. The number of benzene rings is 2. The van der Waals surface area contributed by atoms with Crippen molar-refractivity contribution < 1.29 is 23.9 Å². The smallest absolute Gasteiger partial charge is 0.308 e. The van der Waals surface area contributed by atoms with Gasteiger partial charge in [-0.15, -0.1) is 0 Å². The minimum Gasteiger partial charge on any atom is -0.484 e. The minimum absolute atomic E-state index is 0.00885. The van der Waals surface area contributed by atoms with Gasteiger partial charge in [0.2, 0.25) is 5.91 Å². The molecule has 7 heteroatoms. The third-order valence-corrected chi connectivity index (χ3v) is 4.63. The van der Waals surface area contributed by atoms with Crippen LogP contribution < -0.4 is 15.4 Å². The molecule has 2 aromatic rings. The van der Waals surface area contributed by atoms with Crippen molar-refractivity contribution in [2.45, 2.75) is 32.2 Å². The molecule has 0 aliphatic heterocycles. The molecule has 0 radical (unpaired) electrons. The van der Waals surface area contributed by atoms with E-state index in [1.54, 1.807) is 31.2 Å². The molecular formula is C23H26N2O5. The second kappa shape index (κ2) is 10.4. The molecule has 158 valence electrons. The number of carbonyl (C=O) groups is 3. The van der Waals surface area contributed by atoms with Gasteiger partial charge in [0, 0.05) is 17.7 Å². The molecule has 1 aliphatic rings. The first kappa shape index (κ1) is 21.4. The summed E-state index contributed by atoms with van der Waals surface area (Å²) >= 11 is 0. The van der Waals surface area contributed by atoms with Gasteiger partial charge in [-0.1, -0.05) is 36.4 Å². The second-order valence-electron chi connectivity index (χ2n) is 7.12. The molecule has 7 nitrogen and oxygen atoms in total. The fraction of sp³-hybridized carbons (Fsp3) is 0.348. The molecule has 0 heterocycles. The second-order valence-corrected chi connectivity index (χ2v) is 7.12. The normalized spacial score (nSPS) is 13.8. The number of nitrogens with one attached hydrogen (secondary N) is 2. The number of carbonyl (C=O) groups excluding carboxylic acids is 3. The minimum atomic E-state index is -0.509. The Morgan fingerprint density at radius 3 is 2.53 bits per heavy atom. The summed E-state index contributed by atoms with van der Waals surface area (Å²) < 4.78 is 10.6. The van der Waals surface area contributed by atoms with Gasteiger partial charge in [0.15, 0.2) is 6.61 Å². The molecule has 0 saturated heterocycles. The Bertz CT molecular complexity index is 880. The summed E-state index contributed by atoms with van der Waals surface area (Å²) in [5, 5.41) is 5.68. The van der Waals surface area contributed by atoms with Crippen molar-refractivity contribution in [3.63, 3.8) is 0 Å². The number of esters is 1. The van der Waals surface area contributed by atoms with Crippen LogP contribution in [0.1, 0.15) is 37.8 Å². The standard InChI is InChI=1S/C23H26N2O5/c1-2-29-22(27)14-20(16-7-4-3-5-8-16)25-21(26)15-30-19-10-6-9-18(13-19)24-23(28)17-11-12-17/h3-10,13,17,20H,2,11-12,14-15H2,1H3,(H,24,28)(H,25,26). The summed E-state index contributed by atoms with van der Waals surface area (Å²) in [6.45, 7) is 1.81. The van der Waals surface area contributed by atoms with Crippen LogP contribution in [0.15, 0.2) is 54.6 Å². The van der Waals surface area contributed by atoms with Crippen LogP contribution in [0.4, 0.5) is 5.69 Å². The highest BCUT2D eigenvalue weighted by atomic mass is 16.5. The van der Waals surface area contributed by atoms with Crippen LogP contribution in [-0.4, -0.2) is 31.0 Å². The summed E-state index contributed by atoms with van der Waals surface area (Å²) in [5.74, 6) is -0.156. The molecule has 0 aromatic heterocycles. The van der Waals surface area contributed by atoms with Crippen LogP contribution in [0.5, 0.6) is 5.75 Å². The highest BCUT2D eigenvalue weighted by molar-refractivity contribution is 5.94. The summed E-state index contributed by atoms with van der Waals surface area (Å²) in [5.41, 5.74) is 1.44. The molecular weight excluding hydrogens is 384 g/mol. The number of rotatable bonds is 10. The highest BCUT2D eigenvalue weighted by Gasteiger charge is 2.29. The maximum absolute atomic E-state index is 12.4. The molecule has 2 amide bonds. The topological polar surface area (TPSA) is 93.7 Å². The maximum atomic E-state index is 12.4. The fourth-order valence-corrected chi connectivity index (χ4v) is 2.96. The van der Waals surface area contributed by atoms with Gasteiger partial charge < -0.3 is 20.1 Å². The summed E-state index contributed by atoms with van der Waals surface area (Å²) in [6.07, 6.45) is 1.89. The highest BCUT2D eigenvalue weighted by Crippen LogP contribution is 2.30. The predicted molar refractivity (Wildman–Crippen MR) is 112 cm³/mol. The molecule has 1 saturated carbocycles. The molecule has 1 unspecified atom stereocenters. The zero-order valence-corrected chi connectivity index (χ0v) is 16.9. The number of ether oxygens (including phenoxy) is 2. The molecule has 2 N–H and O–H groups in total. The van der Waals surface area contributed by atoms with Gasteiger partial charge in [0.25, 0.3) is 5.91 Å². The molecule has 0 bridgehead atoms. The van der Waals surface area contributed by atoms with E-state index in [4.69, 9.17) is 9.47 Å². The Morgan fingerprint density at radius 2 is 1.83 bits per heavy atom. The van der Waals surface area contributed by atoms with E-state index in [1.807, 2.05) is 30.3 Å². The van der Waals surface area contributed by atoms with Gasteiger partial charge in [-0.2, -0.15) is 0 Å². The van der Waals surface area contributed by atoms with E-state index in [0.29, 0.717) is 11.4 Å². The zero-order chi connectivity index (χ0) is 21.3. The van der Waals surface area contributed by atoms with Crippen LogP contribution in [-0.2, 0) is 19.1 Å². The van der Waals surface area contributed by atoms with Crippen LogP contribution in [0.3, 0.4) is 0 Å². The van der Waals surface area contributed by atoms with E-state index in [9.17, 15) is 14.4 Å². The Hall–Kier alpha value is -3.35. The van der Waals surface area contributed by atoms with Crippen LogP contribution in [0.2, 0.25) is 0 Å². The van der Waals surface area contributed by atoms with Gasteiger partial charge >= 0.3 is 5.97 Å². The molecule has 0 spiro atoms. The third-order valence-electron chi connectivity index (χ3n) is 4.63. The monoisotopic (exact) mass is 410 g/mol. The van der Waals surface area contributed by atoms with Gasteiger partial charge in [-0.25, -0.2) is 0 Å². The van der Waals surface area contributed by atoms with Gasteiger partial charge in [0.1, 0.15) is 5.75 Å². The largest absolute Gasteiger partial charge is 0.484 e. The summed E-state index contributed by atoms with van der Waals surface area (Å²) in [6, 6.07) is 15.7. The first-order valence-corrected chi connectivity index (χ1v) is 10.1. The van der Waals surface area contributed by atoms with E-state index in [2.05, 4.69) is 10.6 Å². The zero-order valence-electron chi connectivity index (χ0n) is 16.9. The van der Waals surface area contributed by atoms with Crippen molar-refractivity contribution in [2.24, 2.45) is 5.92 Å². The van der Waals surface area contributed by atoms with Gasteiger partial charge in [-0.3, -0.25) is 14.4 Å². The van der Waals surface area contributed by atoms with Crippen molar-refractivity contribution in [2.75, 3.05) is 18.5 Å². The Morgan fingerprint density at radius 1 is 1.07 bits per heavy atom. The van der Waals surface area contributed by atoms with E-state index in [0.717, 1.165) is 18.4 Å². The van der Waals surface area contributed by atoms with Crippen molar-refractivity contribution >= 4 is 23.5 Å². The van der Waals surface area contributed by atoms with E-state index >= 15 is 0 Å². The lowest BCUT2D eigenvalue weighted by Gasteiger charge is -2.19. The van der Waals surface area contributed by atoms with Gasteiger partial charge in [0.05, 0.1) is 19.1 Å². The van der Waals surface area contributed by atoms with Crippen LogP contribution in [0.25, 0.3) is 0 Å². The van der Waals surface area contributed by atoms with E-state index in [-0.39, 0.29) is 43.3 Å². The lowest BCUT2D eigenvalue weighted by molar-refractivity contribution is -0.143. The summed E-state index contributed by atoms with van der Waals surface area (Å²) in [4.78, 5) is 36.3. The fourth-order valence-electron chi connectivity index (χ4n) is 2.96. The Kier molecular flexibility index (Phi) is 7.43. The maximum Gasteiger partial charge on any atom is 0.308 e. The SMILES string of the molecule is CCOC(=O)CC(NC(=O)COc1cccc(NC(=O)C2CC2)c1)c1ccccc1.